The summed E-state index contributed by atoms with van der Waals surface area (Å²) >= 11 is 0. The Balaban J connectivity index is 1.43. The lowest BCUT2D eigenvalue weighted by Crippen LogP contribution is -2.42. The second-order valence-corrected chi connectivity index (χ2v) is 9.02. The lowest BCUT2D eigenvalue weighted by Gasteiger charge is -2.32. The van der Waals surface area contributed by atoms with E-state index >= 15 is 0 Å². The predicted molar refractivity (Wildman–Crippen MR) is 122 cm³/mol. The number of piperidine rings is 1. The third-order valence-corrected chi connectivity index (χ3v) is 6.76. The quantitative estimate of drug-likeness (QED) is 0.639. The Hall–Kier alpha value is -3.35. The molecule has 3 aromatic rings. The van der Waals surface area contributed by atoms with Crippen molar-refractivity contribution in [2.24, 2.45) is 5.92 Å². The lowest BCUT2D eigenvalue weighted by molar-refractivity contribution is -0.140. The number of rotatable bonds is 3. The summed E-state index contributed by atoms with van der Waals surface area (Å²) in [7, 11) is 0. The number of benzene rings is 1. The van der Waals surface area contributed by atoms with Crippen LogP contribution in [0.4, 0.5) is 0 Å². The van der Waals surface area contributed by atoms with E-state index in [1.54, 1.807) is 6.92 Å². The van der Waals surface area contributed by atoms with Crippen molar-refractivity contribution in [3.8, 4) is 11.5 Å². The standard InChI is InChI=1S/C25H29N5O2/c1-17-6-7-23(18(2)14-17)30-24(28-10-4-5-11-28)21-15-29(16-22(21)26-30)25(32)20-8-12-27(13-9-20)19(3)31/h4-7,10-11,14,20H,8-9,12-13,15-16H2,1-3H3. The molecule has 0 aliphatic carbocycles. The molecule has 2 aliphatic rings. The molecule has 0 radical (unpaired) electrons. The van der Waals surface area contributed by atoms with E-state index in [-0.39, 0.29) is 17.7 Å². The molecular weight excluding hydrogens is 402 g/mol. The first-order valence-electron chi connectivity index (χ1n) is 11.3. The van der Waals surface area contributed by atoms with E-state index in [9.17, 15) is 9.59 Å². The van der Waals surface area contributed by atoms with Gasteiger partial charge in [0.1, 0.15) is 5.82 Å². The molecule has 0 unspecified atom stereocenters. The molecule has 1 fully saturated rings. The van der Waals surface area contributed by atoms with Gasteiger partial charge in [-0.25, -0.2) is 4.68 Å². The van der Waals surface area contributed by atoms with E-state index in [2.05, 4.69) is 36.6 Å². The highest BCUT2D eigenvalue weighted by Crippen LogP contribution is 2.33. The largest absolute Gasteiger partial charge is 0.343 e. The third kappa shape index (κ3) is 3.51. The van der Waals surface area contributed by atoms with Crippen molar-refractivity contribution in [2.75, 3.05) is 13.1 Å². The van der Waals surface area contributed by atoms with Gasteiger partial charge in [-0.1, -0.05) is 17.7 Å². The number of aromatic nitrogens is 3. The van der Waals surface area contributed by atoms with Crippen molar-refractivity contribution >= 4 is 11.8 Å². The molecule has 32 heavy (non-hydrogen) atoms. The normalized spacial score (nSPS) is 16.5. The van der Waals surface area contributed by atoms with Gasteiger partial charge in [-0.3, -0.25) is 9.59 Å². The molecule has 0 bridgehead atoms. The van der Waals surface area contributed by atoms with Crippen molar-refractivity contribution in [1.29, 1.82) is 0 Å². The summed E-state index contributed by atoms with van der Waals surface area (Å²) in [5, 5.41) is 4.97. The van der Waals surface area contributed by atoms with E-state index in [1.165, 1.54) is 11.1 Å². The minimum Gasteiger partial charge on any atom is -0.343 e. The summed E-state index contributed by atoms with van der Waals surface area (Å²) in [6, 6.07) is 10.4. The van der Waals surface area contributed by atoms with Gasteiger partial charge in [0.2, 0.25) is 11.8 Å². The van der Waals surface area contributed by atoms with Gasteiger partial charge in [0.05, 0.1) is 24.5 Å². The maximum Gasteiger partial charge on any atom is 0.226 e. The SMILES string of the molecule is CC(=O)N1CCC(C(=O)N2Cc3nn(-c4ccc(C)cc4C)c(-n4cccc4)c3C2)CC1. The van der Waals surface area contributed by atoms with Crippen molar-refractivity contribution < 1.29 is 9.59 Å². The highest BCUT2D eigenvalue weighted by Gasteiger charge is 2.35. The molecule has 1 saturated heterocycles. The summed E-state index contributed by atoms with van der Waals surface area (Å²) in [6.07, 6.45) is 5.53. The maximum absolute atomic E-state index is 13.3. The molecular formula is C25H29N5O2. The van der Waals surface area contributed by atoms with Gasteiger partial charge in [0.15, 0.2) is 0 Å². The molecule has 2 aromatic heterocycles. The van der Waals surface area contributed by atoms with Crippen molar-refractivity contribution in [1.82, 2.24) is 24.1 Å². The predicted octanol–water partition coefficient (Wildman–Crippen LogP) is 3.38. The van der Waals surface area contributed by atoms with Crippen LogP contribution in [0.5, 0.6) is 0 Å². The average molecular weight is 432 g/mol. The van der Waals surface area contributed by atoms with E-state index < -0.39 is 0 Å². The first kappa shape index (κ1) is 20.5. The number of carbonyl (C=O) groups excluding carboxylic acids is 2. The van der Waals surface area contributed by atoms with Crippen LogP contribution in [0.1, 0.15) is 42.1 Å². The second kappa shape index (κ2) is 7.97. The van der Waals surface area contributed by atoms with Gasteiger partial charge < -0.3 is 14.4 Å². The molecule has 0 atom stereocenters. The molecule has 0 N–H and O–H groups in total. The summed E-state index contributed by atoms with van der Waals surface area (Å²) in [5.41, 5.74) is 5.52. The summed E-state index contributed by atoms with van der Waals surface area (Å²) in [4.78, 5) is 28.6. The van der Waals surface area contributed by atoms with Crippen LogP contribution in [0.2, 0.25) is 0 Å². The Morgan fingerprint density at radius 3 is 2.38 bits per heavy atom. The zero-order chi connectivity index (χ0) is 22.4. The number of nitrogens with zero attached hydrogens (tertiary/aromatic N) is 5. The third-order valence-electron chi connectivity index (χ3n) is 6.76. The van der Waals surface area contributed by atoms with Crippen LogP contribution in [-0.4, -0.2) is 49.1 Å². The molecule has 1 aromatic carbocycles. The van der Waals surface area contributed by atoms with E-state index in [1.807, 2.05) is 39.0 Å². The Morgan fingerprint density at radius 2 is 1.72 bits per heavy atom. The lowest BCUT2D eigenvalue weighted by atomic mass is 9.95. The number of fused-ring (bicyclic) bond motifs is 1. The molecule has 166 valence electrons. The summed E-state index contributed by atoms with van der Waals surface area (Å²) < 4.78 is 4.11. The van der Waals surface area contributed by atoms with Gasteiger partial charge in [-0.2, -0.15) is 5.10 Å². The zero-order valence-corrected chi connectivity index (χ0v) is 18.9. The summed E-state index contributed by atoms with van der Waals surface area (Å²) in [5.74, 6) is 1.26. The minimum atomic E-state index is -0.0175. The monoisotopic (exact) mass is 431 g/mol. The van der Waals surface area contributed by atoms with Crippen LogP contribution in [0.15, 0.2) is 42.7 Å². The first-order valence-corrected chi connectivity index (χ1v) is 11.3. The fourth-order valence-corrected chi connectivity index (χ4v) is 5.01. The topological polar surface area (TPSA) is 63.4 Å². The Morgan fingerprint density at radius 1 is 1.00 bits per heavy atom. The number of hydrogen-bond acceptors (Lipinski definition) is 3. The number of aryl methyl sites for hydroxylation is 2. The van der Waals surface area contributed by atoms with Gasteiger partial charge in [0.25, 0.3) is 0 Å². The molecule has 0 spiro atoms. The van der Waals surface area contributed by atoms with Crippen LogP contribution in [-0.2, 0) is 22.7 Å². The molecule has 5 rings (SSSR count). The molecule has 0 saturated carbocycles. The molecule has 2 amide bonds. The average Bonchev–Trinajstić information content (AvgIpc) is 3.49. The summed E-state index contributed by atoms with van der Waals surface area (Å²) in [6.45, 7) is 8.23. The highest BCUT2D eigenvalue weighted by molar-refractivity contribution is 5.80. The van der Waals surface area contributed by atoms with Crippen LogP contribution < -0.4 is 0 Å². The molecule has 4 heterocycles. The van der Waals surface area contributed by atoms with Crippen LogP contribution in [0, 0.1) is 19.8 Å². The molecule has 7 nitrogen and oxygen atoms in total. The Kier molecular flexibility index (Phi) is 5.12. The smallest absolute Gasteiger partial charge is 0.226 e. The van der Waals surface area contributed by atoms with Gasteiger partial charge in [-0.05, 0) is 50.5 Å². The zero-order valence-electron chi connectivity index (χ0n) is 18.9. The minimum absolute atomic E-state index is 0.0175. The highest BCUT2D eigenvalue weighted by atomic mass is 16.2. The van der Waals surface area contributed by atoms with Gasteiger partial charge >= 0.3 is 0 Å². The second-order valence-electron chi connectivity index (χ2n) is 9.02. The van der Waals surface area contributed by atoms with Gasteiger partial charge in [-0.15, -0.1) is 0 Å². The van der Waals surface area contributed by atoms with Crippen molar-refractivity contribution in [2.45, 2.75) is 46.7 Å². The number of carbonyl (C=O) groups is 2. The Bertz CT molecular complexity index is 1170. The maximum atomic E-state index is 13.3. The van der Waals surface area contributed by atoms with Crippen LogP contribution in [0.25, 0.3) is 11.5 Å². The number of hydrogen-bond donors (Lipinski definition) is 0. The van der Waals surface area contributed by atoms with Crippen LogP contribution in [0.3, 0.4) is 0 Å². The van der Waals surface area contributed by atoms with E-state index in [4.69, 9.17) is 5.10 Å². The van der Waals surface area contributed by atoms with Crippen molar-refractivity contribution in [3.05, 3.63) is 65.1 Å². The van der Waals surface area contributed by atoms with E-state index in [0.717, 1.165) is 35.6 Å². The number of amides is 2. The van der Waals surface area contributed by atoms with Crippen LogP contribution >= 0.6 is 0 Å². The fraction of sp³-hybridized carbons (Fsp3) is 0.400. The molecule has 7 heteroatoms. The fourth-order valence-electron chi connectivity index (χ4n) is 5.01. The van der Waals surface area contributed by atoms with Crippen molar-refractivity contribution in [3.63, 3.8) is 0 Å². The van der Waals surface area contributed by atoms with Gasteiger partial charge in [0, 0.05) is 43.9 Å². The first-order chi connectivity index (χ1) is 15.4. The molecule has 2 aliphatic heterocycles. The Labute approximate surface area is 188 Å². The number of likely N-dealkylation sites (tertiary alicyclic amines) is 1. The van der Waals surface area contributed by atoms with E-state index in [0.29, 0.717) is 26.2 Å².